The van der Waals surface area contributed by atoms with Gasteiger partial charge >= 0.3 is 0 Å². The number of aromatic nitrogens is 1. The first-order valence-electron chi connectivity index (χ1n) is 7.34. The van der Waals surface area contributed by atoms with Crippen molar-refractivity contribution in [3.8, 4) is 10.4 Å². The summed E-state index contributed by atoms with van der Waals surface area (Å²) in [7, 11) is 2.07. The molecule has 0 amide bonds. The Balaban J connectivity index is 2.12. The molecule has 0 radical (unpaired) electrons. The van der Waals surface area contributed by atoms with Crippen LogP contribution in [0.15, 0.2) is 60.5 Å². The molecular formula is C19H19NOS. The van der Waals surface area contributed by atoms with E-state index in [1.165, 1.54) is 21.3 Å². The second-order valence-corrected chi connectivity index (χ2v) is 5.99. The van der Waals surface area contributed by atoms with Gasteiger partial charge in [0.25, 0.3) is 0 Å². The van der Waals surface area contributed by atoms with Crippen LogP contribution < -0.4 is 0 Å². The number of benzene rings is 1. The minimum absolute atomic E-state index is 0.641. The van der Waals surface area contributed by atoms with Gasteiger partial charge in [-0.1, -0.05) is 24.8 Å². The number of fused-ring (bicyclic) bond motifs is 1. The summed E-state index contributed by atoms with van der Waals surface area (Å²) >= 11 is 1.76. The molecule has 0 fully saturated rings. The molecular weight excluding hydrogens is 290 g/mol. The van der Waals surface area contributed by atoms with Crippen LogP contribution in [0.1, 0.15) is 12.6 Å². The molecule has 22 heavy (non-hydrogen) atoms. The Labute approximate surface area is 135 Å². The van der Waals surface area contributed by atoms with Gasteiger partial charge in [-0.05, 0) is 48.2 Å². The Morgan fingerprint density at radius 2 is 2.18 bits per heavy atom. The summed E-state index contributed by atoms with van der Waals surface area (Å²) in [6, 6.07) is 13.0. The number of aryl methyl sites for hydroxylation is 1. The quantitative estimate of drug-likeness (QED) is 0.450. The van der Waals surface area contributed by atoms with Crippen LogP contribution in [0, 0.1) is 0 Å². The Hall–Kier alpha value is -2.26. The normalized spacial score (nSPS) is 11.8. The number of allylic oxidation sites excluding steroid dienone is 2. The van der Waals surface area contributed by atoms with Gasteiger partial charge in [-0.15, -0.1) is 11.3 Å². The van der Waals surface area contributed by atoms with Gasteiger partial charge in [0.15, 0.2) is 0 Å². The Kier molecular flexibility index (Phi) is 4.16. The molecule has 2 nitrogen and oxygen atoms in total. The third-order valence-electron chi connectivity index (χ3n) is 3.67. The van der Waals surface area contributed by atoms with Gasteiger partial charge in [0, 0.05) is 22.8 Å². The maximum atomic E-state index is 5.75. The first-order valence-corrected chi connectivity index (χ1v) is 8.21. The Morgan fingerprint density at radius 1 is 1.32 bits per heavy atom. The zero-order valence-corrected chi connectivity index (χ0v) is 13.7. The first-order chi connectivity index (χ1) is 10.7. The standard InChI is InChI=1S/C19H19NOS/c1-4-7-18(21-5-2)17-13-15-12-14(19-8-6-11-22-19)9-10-16(15)20(17)3/h4,6-13H,1,5H2,2-3H3/b18-7+. The molecule has 3 heteroatoms. The third-order valence-corrected chi connectivity index (χ3v) is 4.59. The summed E-state index contributed by atoms with van der Waals surface area (Å²) in [5, 5.41) is 3.33. The summed E-state index contributed by atoms with van der Waals surface area (Å²) in [5.41, 5.74) is 3.52. The van der Waals surface area contributed by atoms with Gasteiger partial charge in [-0.3, -0.25) is 0 Å². The van der Waals surface area contributed by atoms with Crippen LogP contribution in [0.2, 0.25) is 0 Å². The highest BCUT2D eigenvalue weighted by Crippen LogP contribution is 2.31. The van der Waals surface area contributed by atoms with E-state index in [2.05, 4.69) is 60.0 Å². The van der Waals surface area contributed by atoms with Crippen molar-refractivity contribution in [2.75, 3.05) is 6.61 Å². The van der Waals surface area contributed by atoms with Crippen molar-refractivity contribution < 1.29 is 4.74 Å². The molecule has 0 aliphatic rings. The van der Waals surface area contributed by atoms with E-state index < -0.39 is 0 Å². The SMILES string of the molecule is C=C/C=C(/OCC)c1cc2cc(-c3cccs3)ccc2n1C. The topological polar surface area (TPSA) is 14.2 Å². The molecule has 112 valence electrons. The minimum Gasteiger partial charge on any atom is -0.492 e. The molecule has 1 aromatic carbocycles. The fourth-order valence-corrected chi connectivity index (χ4v) is 3.38. The van der Waals surface area contributed by atoms with E-state index >= 15 is 0 Å². The van der Waals surface area contributed by atoms with Crippen molar-refractivity contribution in [3.63, 3.8) is 0 Å². The van der Waals surface area contributed by atoms with Gasteiger partial charge in [-0.2, -0.15) is 0 Å². The number of rotatable bonds is 5. The number of hydrogen-bond donors (Lipinski definition) is 0. The molecule has 0 unspecified atom stereocenters. The Morgan fingerprint density at radius 3 is 2.86 bits per heavy atom. The largest absolute Gasteiger partial charge is 0.492 e. The average Bonchev–Trinajstić information content (AvgIpc) is 3.15. The number of thiophene rings is 1. The molecule has 2 heterocycles. The lowest BCUT2D eigenvalue weighted by Gasteiger charge is -2.09. The van der Waals surface area contributed by atoms with E-state index in [-0.39, 0.29) is 0 Å². The maximum Gasteiger partial charge on any atom is 0.142 e. The van der Waals surface area contributed by atoms with Gasteiger partial charge in [-0.25, -0.2) is 0 Å². The van der Waals surface area contributed by atoms with Crippen molar-refractivity contribution >= 4 is 28.0 Å². The van der Waals surface area contributed by atoms with Gasteiger partial charge in [0.05, 0.1) is 12.3 Å². The zero-order valence-electron chi connectivity index (χ0n) is 12.9. The number of nitrogens with zero attached hydrogens (tertiary/aromatic N) is 1. The number of hydrogen-bond acceptors (Lipinski definition) is 2. The smallest absolute Gasteiger partial charge is 0.142 e. The maximum absolute atomic E-state index is 5.75. The van der Waals surface area contributed by atoms with Gasteiger partial charge < -0.3 is 9.30 Å². The highest BCUT2D eigenvalue weighted by molar-refractivity contribution is 7.13. The lowest BCUT2D eigenvalue weighted by atomic mass is 10.1. The molecule has 3 rings (SSSR count). The fourth-order valence-electron chi connectivity index (χ4n) is 2.65. The lowest BCUT2D eigenvalue weighted by molar-refractivity contribution is 0.295. The second-order valence-electron chi connectivity index (χ2n) is 5.04. The van der Waals surface area contributed by atoms with E-state index in [1.807, 2.05) is 13.0 Å². The van der Waals surface area contributed by atoms with Crippen LogP contribution in [-0.2, 0) is 11.8 Å². The van der Waals surface area contributed by atoms with E-state index in [4.69, 9.17) is 4.74 Å². The highest BCUT2D eigenvalue weighted by atomic mass is 32.1. The number of ether oxygens (including phenoxy) is 1. The van der Waals surface area contributed by atoms with Crippen LogP contribution >= 0.6 is 11.3 Å². The minimum atomic E-state index is 0.641. The predicted molar refractivity (Wildman–Crippen MR) is 96.0 cm³/mol. The zero-order chi connectivity index (χ0) is 15.5. The summed E-state index contributed by atoms with van der Waals surface area (Å²) in [5.74, 6) is 0.855. The predicted octanol–water partition coefficient (Wildman–Crippen LogP) is 5.47. The van der Waals surface area contributed by atoms with Crippen molar-refractivity contribution in [1.82, 2.24) is 4.57 Å². The summed E-state index contributed by atoms with van der Waals surface area (Å²) in [6.45, 7) is 6.41. The average molecular weight is 309 g/mol. The summed E-state index contributed by atoms with van der Waals surface area (Å²) < 4.78 is 7.92. The molecule has 2 aromatic heterocycles. The van der Waals surface area contributed by atoms with Crippen molar-refractivity contribution in [2.45, 2.75) is 6.92 Å². The molecule has 0 aliphatic carbocycles. The molecule has 3 aromatic rings. The third kappa shape index (κ3) is 2.60. The van der Waals surface area contributed by atoms with Crippen LogP contribution in [0.5, 0.6) is 0 Å². The monoisotopic (exact) mass is 309 g/mol. The van der Waals surface area contributed by atoms with Crippen LogP contribution in [0.3, 0.4) is 0 Å². The summed E-state index contributed by atoms with van der Waals surface area (Å²) in [6.07, 6.45) is 3.68. The first kappa shape index (κ1) is 14.7. The molecule has 0 bridgehead atoms. The van der Waals surface area contributed by atoms with E-state index in [0.717, 1.165) is 11.5 Å². The van der Waals surface area contributed by atoms with Crippen LogP contribution in [0.4, 0.5) is 0 Å². The molecule has 0 atom stereocenters. The van der Waals surface area contributed by atoms with Crippen molar-refractivity contribution in [3.05, 3.63) is 66.2 Å². The fraction of sp³-hybridized carbons (Fsp3) is 0.158. The molecule has 0 saturated carbocycles. The molecule has 0 aliphatic heterocycles. The van der Waals surface area contributed by atoms with Crippen LogP contribution in [0.25, 0.3) is 27.1 Å². The van der Waals surface area contributed by atoms with E-state index in [0.29, 0.717) is 6.61 Å². The molecule has 0 saturated heterocycles. The van der Waals surface area contributed by atoms with Crippen molar-refractivity contribution in [2.24, 2.45) is 7.05 Å². The van der Waals surface area contributed by atoms with Crippen molar-refractivity contribution in [1.29, 1.82) is 0 Å². The van der Waals surface area contributed by atoms with E-state index in [9.17, 15) is 0 Å². The molecule has 0 N–H and O–H groups in total. The lowest BCUT2D eigenvalue weighted by Crippen LogP contribution is -1.98. The molecule has 0 spiro atoms. The van der Waals surface area contributed by atoms with E-state index in [1.54, 1.807) is 17.4 Å². The van der Waals surface area contributed by atoms with Gasteiger partial charge in [0.2, 0.25) is 0 Å². The Bertz CT molecular complexity index is 825. The highest BCUT2D eigenvalue weighted by Gasteiger charge is 2.11. The second kappa shape index (κ2) is 6.24. The summed E-state index contributed by atoms with van der Waals surface area (Å²) in [4.78, 5) is 1.29. The van der Waals surface area contributed by atoms with Crippen LogP contribution in [-0.4, -0.2) is 11.2 Å². The van der Waals surface area contributed by atoms with Gasteiger partial charge in [0.1, 0.15) is 5.76 Å².